The summed E-state index contributed by atoms with van der Waals surface area (Å²) in [6.07, 6.45) is 6.43. The molecule has 0 radical (unpaired) electrons. The van der Waals surface area contributed by atoms with Gasteiger partial charge in [-0.1, -0.05) is 35.9 Å². The molecule has 1 aromatic rings. The maximum absolute atomic E-state index is 6.10. The Morgan fingerprint density at radius 2 is 2.06 bits per heavy atom. The number of hydrogen-bond acceptors (Lipinski definition) is 1. The molecule has 0 saturated heterocycles. The molecule has 86 valence electrons. The largest absolute Gasteiger partial charge is 0.492 e. The van der Waals surface area contributed by atoms with Gasteiger partial charge in [0.2, 0.25) is 0 Å². The summed E-state index contributed by atoms with van der Waals surface area (Å²) in [5, 5.41) is 0.665. The summed E-state index contributed by atoms with van der Waals surface area (Å²) < 4.78 is 5.70. The Bertz CT molecular complexity index is 358. The minimum absolute atomic E-state index is 0.665. The average molecular weight is 237 g/mol. The van der Waals surface area contributed by atoms with Crippen LogP contribution in [0.5, 0.6) is 5.75 Å². The van der Waals surface area contributed by atoms with Crippen LogP contribution in [-0.2, 0) is 6.42 Å². The summed E-state index contributed by atoms with van der Waals surface area (Å²) in [5.74, 6) is 0.785. The molecular weight excluding hydrogens is 220 g/mol. The van der Waals surface area contributed by atoms with Gasteiger partial charge in [0.05, 0.1) is 11.6 Å². The predicted molar refractivity (Wildman–Crippen MR) is 70.3 cm³/mol. The van der Waals surface area contributed by atoms with E-state index in [9.17, 15) is 0 Å². The van der Waals surface area contributed by atoms with Crippen molar-refractivity contribution in [3.8, 4) is 5.75 Å². The second-order valence-electron chi connectivity index (χ2n) is 3.50. The second kappa shape index (κ2) is 7.13. The first-order valence-corrected chi connectivity index (χ1v) is 5.79. The Kier molecular flexibility index (Phi) is 5.73. The van der Waals surface area contributed by atoms with Crippen LogP contribution in [0.1, 0.15) is 18.4 Å². The molecule has 0 aliphatic rings. The van der Waals surface area contributed by atoms with E-state index in [1.165, 1.54) is 0 Å². The molecule has 0 aromatic heterocycles. The van der Waals surface area contributed by atoms with E-state index in [1.54, 1.807) is 0 Å². The van der Waals surface area contributed by atoms with Crippen LogP contribution in [0, 0.1) is 0 Å². The quantitative estimate of drug-likeness (QED) is 0.503. The number of halogens is 1. The monoisotopic (exact) mass is 236 g/mol. The van der Waals surface area contributed by atoms with Gasteiger partial charge in [-0.15, -0.1) is 13.2 Å². The summed E-state index contributed by atoms with van der Waals surface area (Å²) in [7, 11) is 0. The molecule has 1 rings (SSSR count). The van der Waals surface area contributed by atoms with E-state index in [4.69, 9.17) is 16.3 Å². The number of benzene rings is 1. The lowest BCUT2D eigenvalue weighted by molar-refractivity contribution is 0.309. The first kappa shape index (κ1) is 12.9. The minimum atomic E-state index is 0.665. The summed E-state index contributed by atoms with van der Waals surface area (Å²) in [4.78, 5) is 0. The van der Waals surface area contributed by atoms with Crippen molar-refractivity contribution >= 4 is 11.6 Å². The Morgan fingerprint density at radius 3 is 2.75 bits per heavy atom. The second-order valence-corrected chi connectivity index (χ2v) is 3.91. The van der Waals surface area contributed by atoms with Crippen LogP contribution >= 0.6 is 11.6 Å². The van der Waals surface area contributed by atoms with Crippen LogP contribution in [-0.4, -0.2) is 6.61 Å². The number of para-hydroxylation sites is 1. The van der Waals surface area contributed by atoms with Gasteiger partial charge in [0.25, 0.3) is 0 Å². The van der Waals surface area contributed by atoms with E-state index in [0.717, 1.165) is 30.6 Å². The normalized spacial score (nSPS) is 9.81. The van der Waals surface area contributed by atoms with E-state index in [-0.39, 0.29) is 0 Å². The van der Waals surface area contributed by atoms with Crippen LogP contribution in [0.2, 0.25) is 5.02 Å². The van der Waals surface area contributed by atoms with Gasteiger partial charge in [-0.05, 0) is 30.9 Å². The maximum atomic E-state index is 6.10. The van der Waals surface area contributed by atoms with Crippen LogP contribution in [0.15, 0.2) is 43.5 Å². The van der Waals surface area contributed by atoms with Gasteiger partial charge in [-0.3, -0.25) is 0 Å². The molecule has 0 heterocycles. The highest BCUT2D eigenvalue weighted by molar-refractivity contribution is 6.32. The molecule has 2 heteroatoms. The number of unbranched alkanes of at least 4 members (excludes halogenated alkanes) is 1. The Hall–Kier alpha value is -1.21. The van der Waals surface area contributed by atoms with Crippen molar-refractivity contribution in [2.24, 2.45) is 0 Å². The van der Waals surface area contributed by atoms with Crippen molar-refractivity contribution in [1.29, 1.82) is 0 Å². The van der Waals surface area contributed by atoms with Gasteiger partial charge in [0.1, 0.15) is 5.75 Å². The fourth-order valence-electron chi connectivity index (χ4n) is 1.43. The van der Waals surface area contributed by atoms with Crippen molar-refractivity contribution in [1.82, 2.24) is 0 Å². The van der Waals surface area contributed by atoms with Crippen molar-refractivity contribution in [2.75, 3.05) is 6.61 Å². The molecular formula is C14H17ClO. The number of ether oxygens (including phenoxy) is 1. The van der Waals surface area contributed by atoms with Gasteiger partial charge in [0.15, 0.2) is 0 Å². The number of allylic oxidation sites excluding steroid dienone is 2. The zero-order valence-corrected chi connectivity index (χ0v) is 10.2. The summed E-state index contributed by atoms with van der Waals surface area (Å²) in [6, 6.07) is 5.78. The Morgan fingerprint density at radius 1 is 1.25 bits per heavy atom. The fourth-order valence-corrected chi connectivity index (χ4v) is 1.68. The maximum Gasteiger partial charge on any atom is 0.141 e. The Labute approximate surface area is 102 Å². The molecule has 1 aromatic carbocycles. The van der Waals surface area contributed by atoms with Crippen LogP contribution in [0.25, 0.3) is 0 Å². The molecule has 0 saturated carbocycles. The zero-order valence-electron chi connectivity index (χ0n) is 9.42. The molecule has 0 aliphatic heterocycles. The van der Waals surface area contributed by atoms with Crippen molar-refractivity contribution in [3.63, 3.8) is 0 Å². The lowest BCUT2D eigenvalue weighted by Gasteiger charge is -2.11. The van der Waals surface area contributed by atoms with Crippen molar-refractivity contribution < 1.29 is 4.74 Å². The van der Waals surface area contributed by atoms with Crippen LogP contribution in [0.3, 0.4) is 0 Å². The third-order valence-corrected chi connectivity index (χ3v) is 2.51. The predicted octanol–water partition coefficient (Wildman–Crippen LogP) is 4.41. The first-order chi connectivity index (χ1) is 7.79. The standard InChI is InChI=1S/C14H17ClO/c1-3-5-6-11-16-14-12(8-4-2)9-7-10-13(14)15/h3-4,7,9-10H,1-2,5-6,8,11H2. The smallest absolute Gasteiger partial charge is 0.141 e. The molecule has 0 amide bonds. The van der Waals surface area contributed by atoms with Gasteiger partial charge in [-0.25, -0.2) is 0 Å². The molecule has 0 fully saturated rings. The summed E-state index contributed by atoms with van der Waals surface area (Å²) in [5.41, 5.74) is 1.08. The van der Waals surface area contributed by atoms with E-state index in [0.29, 0.717) is 11.6 Å². The lowest BCUT2D eigenvalue weighted by atomic mass is 10.1. The first-order valence-electron chi connectivity index (χ1n) is 5.41. The van der Waals surface area contributed by atoms with Gasteiger partial charge < -0.3 is 4.74 Å². The van der Waals surface area contributed by atoms with Gasteiger partial charge in [-0.2, -0.15) is 0 Å². The fraction of sp³-hybridized carbons (Fsp3) is 0.286. The number of hydrogen-bond donors (Lipinski definition) is 0. The highest BCUT2D eigenvalue weighted by Gasteiger charge is 2.06. The lowest BCUT2D eigenvalue weighted by Crippen LogP contribution is -2.00. The van der Waals surface area contributed by atoms with Crippen LogP contribution < -0.4 is 4.74 Å². The van der Waals surface area contributed by atoms with E-state index in [2.05, 4.69) is 13.2 Å². The molecule has 0 aliphatic carbocycles. The SMILES string of the molecule is C=CCCCOc1c(Cl)cccc1CC=C. The van der Waals surface area contributed by atoms with E-state index >= 15 is 0 Å². The molecule has 0 N–H and O–H groups in total. The molecule has 0 spiro atoms. The molecule has 16 heavy (non-hydrogen) atoms. The van der Waals surface area contributed by atoms with Gasteiger partial charge >= 0.3 is 0 Å². The highest BCUT2D eigenvalue weighted by Crippen LogP contribution is 2.29. The highest BCUT2D eigenvalue weighted by atomic mass is 35.5. The third-order valence-electron chi connectivity index (χ3n) is 2.21. The van der Waals surface area contributed by atoms with E-state index < -0.39 is 0 Å². The minimum Gasteiger partial charge on any atom is -0.492 e. The van der Waals surface area contributed by atoms with Crippen LogP contribution in [0.4, 0.5) is 0 Å². The third kappa shape index (κ3) is 3.74. The van der Waals surface area contributed by atoms with Crippen molar-refractivity contribution in [2.45, 2.75) is 19.3 Å². The molecule has 0 unspecified atom stereocenters. The topological polar surface area (TPSA) is 9.23 Å². The van der Waals surface area contributed by atoms with Gasteiger partial charge in [0, 0.05) is 0 Å². The average Bonchev–Trinajstić information content (AvgIpc) is 2.28. The van der Waals surface area contributed by atoms with E-state index in [1.807, 2.05) is 30.4 Å². The summed E-state index contributed by atoms with van der Waals surface area (Å²) in [6.45, 7) is 8.07. The Balaban J connectivity index is 2.67. The molecule has 0 atom stereocenters. The summed E-state index contributed by atoms with van der Waals surface area (Å²) >= 11 is 6.10. The van der Waals surface area contributed by atoms with Crippen molar-refractivity contribution in [3.05, 3.63) is 54.1 Å². The molecule has 0 bridgehead atoms. The molecule has 1 nitrogen and oxygen atoms in total. The zero-order chi connectivity index (χ0) is 11.8. The number of rotatable bonds is 7.